The lowest BCUT2D eigenvalue weighted by Crippen LogP contribution is -2.39. The molecular weight excluding hydrogens is 308 g/mol. The third-order valence-corrected chi connectivity index (χ3v) is 4.71. The van der Waals surface area contributed by atoms with Crippen LogP contribution in [0.1, 0.15) is 39.3 Å². The van der Waals surface area contributed by atoms with Crippen LogP contribution in [-0.4, -0.2) is 45.9 Å². The molecule has 1 heterocycles. The summed E-state index contributed by atoms with van der Waals surface area (Å²) >= 11 is 0. The Morgan fingerprint density at radius 3 is 2.25 bits per heavy atom. The molecule has 0 aromatic heterocycles. The van der Waals surface area contributed by atoms with Gasteiger partial charge in [0.1, 0.15) is 17.1 Å². The van der Waals surface area contributed by atoms with Gasteiger partial charge in [-0.15, -0.1) is 0 Å². The fourth-order valence-electron chi connectivity index (χ4n) is 3.50. The van der Waals surface area contributed by atoms with Crippen molar-refractivity contribution < 1.29 is 19.7 Å². The average molecular weight is 334 g/mol. The standard InChI is InChI=1S/C18H26N2O4/c1-10(11-5-12(21)7-13(22)6-11)19-16-14-8-20(9-15(14)16)17(23)24-18(2,3)4/h5-7,10,14-16,19,21-22H,8-9H2,1-4H3. The Bertz CT molecular complexity index is 608. The minimum Gasteiger partial charge on any atom is -0.508 e. The first-order valence-electron chi connectivity index (χ1n) is 8.41. The fraction of sp³-hybridized carbons (Fsp3) is 0.611. The van der Waals surface area contributed by atoms with Gasteiger partial charge in [0.15, 0.2) is 0 Å². The molecule has 0 spiro atoms. The maximum Gasteiger partial charge on any atom is 0.410 e. The molecule has 6 nitrogen and oxygen atoms in total. The number of piperidine rings is 1. The fourth-order valence-corrected chi connectivity index (χ4v) is 3.50. The first-order chi connectivity index (χ1) is 11.1. The van der Waals surface area contributed by atoms with Gasteiger partial charge in [-0.25, -0.2) is 4.79 Å². The van der Waals surface area contributed by atoms with E-state index in [1.165, 1.54) is 6.07 Å². The summed E-state index contributed by atoms with van der Waals surface area (Å²) in [5, 5.41) is 22.7. The van der Waals surface area contributed by atoms with Crippen LogP contribution in [-0.2, 0) is 4.74 Å². The van der Waals surface area contributed by atoms with Gasteiger partial charge in [-0.3, -0.25) is 0 Å². The molecule has 3 N–H and O–H groups in total. The Hall–Kier alpha value is -1.95. The summed E-state index contributed by atoms with van der Waals surface area (Å²) < 4.78 is 5.41. The van der Waals surface area contributed by atoms with E-state index < -0.39 is 5.60 Å². The van der Waals surface area contributed by atoms with Gasteiger partial charge in [0, 0.05) is 31.2 Å². The van der Waals surface area contributed by atoms with E-state index in [2.05, 4.69) is 5.32 Å². The van der Waals surface area contributed by atoms with Crippen LogP contribution in [0.5, 0.6) is 11.5 Å². The molecule has 1 aliphatic carbocycles. The molecule has 132 valence electrons. The highest BCUT2D eigenvalue weighted by Crippen LogP contribution is 2.47. The summed E-state index contributed by atoms with van der Waals surface area (Å²) in [6.45, 7) is 9.06. The van der Waals surface area contributed by atoms with E-state index in [0.717, 1.165) is 18.7 Å². The lowest BCUT2D eigenvalue weighted by Gasteiger charge is -2.26. The van der Waals surface area contributed by atoms with Crippen LogP contribution in [0.2, 0.25) is 0 Å². The van der Waals surface area contributed by atoms with Crippen LogP contribution >= 0.6 is 0 Å². The third kappa shape index (κ3) is 3.59. The minimum absolute atomic E-state index is 0.0218. The first-order valence-corrected chi connectivity index (χ1v) is 8.41. The van der Waals surface area contributed by atoms with E-state index in [-0.39, 0.29) is 23.6 Å². The Labute approximate surface area is 142 Å². The molecule has 1 aromatic carbocycles. The molecule has 1 aliphatic heterocycles. The number of nitrogens with one attached hydrogen (secondary N) is 1. The molecule has 3 rings (SSSR count). The van der Waals surface area contributed by atoms with Gasteiger partial charge in [0.05, 0.1) is 0 Å². The summed E-state index contributed by atoms with van der Waals surface area (Å²) in [5.41, 5.74) is 0.384. The molecule has 1 saturated heterocycles. The van der Waals surface area contributed by atoms with Crippen molar-refractivity contribution >= 4 is 6.09 Å². The summed E-state index contributed by atoms with van der Waals surface area (Å²) in [4.78, 5) is 13.9. The van der Waals surface area contributed by atoms with Crippen LogP contribution in [0.3, 0.4) is 0 Å². The number of phenols is 2. The normalized spacial score (nSPS) is 26.8. The van der Waals surface area contributed by atoms with Gasteiger partial charge in [-0.2, -0.15) is 0 Å². The Kier molecular flexibility index (Phi) is 4.11. The molecule has 0 bridgehead atoms. The van der Waals surface area contributed by atoms with E-state index in [0.29, 0.717) is 17.9 Å². The molecular formula is C18H26N2O4. The maximum absolute atomic E-state index is 12.1. The largest absolute Gasteiger partial charge is 0.508 e. The smallest absolute Gasteiger partial charge is 0.410 e. The Morgan fingerprint density at radius 2 is 1.75 bits per heavy atom. The number of rotatable bonds is 3. The van der Waals surface area contributed by atoms with Crippen molar-refractivity contribution in [2.45, 2.75) is 45.4 Å². The van der Waals surface area contributed by atoms with Gasteiger partial charge in [-0.1, -0.05) is 0 Å². The molecule has 1 amide bonds. The monoisotopic (exact) mass is 334 g/mol. The second-order valence-corrected chi connectivity index (χ2v) is 7.91. The van der Waals surface area contributed by atoms with Crippen molar-refractivity contribution in [2.24, 2.45) is 11.8 Å². The summed E-state index contributed by atoms with van der Waals surface area (Å²) in [6, 6.07) is 5.02. The van der Waals surface area contributed by atoms with Crippen molar-refractivity contribution in [1.82, 2.24) is 10.2 Å². The van der Waals surface area contributed by atoms with Crippen LogP contribution in [0.25, 0.3) is 0 Å². The number of carbonyl (C=O) groups excluding carboxylic acids is 1. The third-order valence-electron chi connectivity index (χ3n) is 4.71. The van der Waals surface area contributed by atoms with Crippen LogP contribution < -0.4 is 5.32 Å². The highest BCUT2D eigenvalue weighted by Gasteiger charge is 2.57. The van der Waals surface area contributed by atoms with Crippen molar-refractivity contribution in [2.75, 3.05) is 13.1 Å². The number of ether oxygens (including phenoxy) is 1. The minimum atomic E-state index is -0.465. The van der Waals surface area contributed by atoms with Crippen molar-refractivity contribution in [3.8, 4) is 11.5 Å². The van der Waals surface area contributed by atoms with Crippen molar-refractivity contribution in [1.29, 1.82) is 0 Å². The highest BCUT2D eigenvalue weighted by atomic mass is 16.6. The second kappa shape index (κ2) is 5.84. The zero-order valence-corrected chi connectivity index (χ0v) is 14.6. The molecule has 0 radical (unpaired) electrons. The van der Waals surface area contributed by atoms with Crippen LogP contribution in [0.15, 0.2) is 18.2 Å². The number of aromatic hydroxyl groups is 2. The highest BCUT2D eigenvalue weighted by molar-refractivity contribution is 5.69. The van der Waals surface area contributed by atoms with Crippen molar-refractivity contribution in [3.05, 3.63) is 23.8 Å². The number of nitrogens with zero attached hydrogens (tertiary/aromatic N) is 1. The molecule has 1 aromatic rings. The predicted octanol–water partition coefficient (Wildman–Crippen LogP) is 2.61. The number of amides is 1. The number of hydrogen-bond acceptors (Lipinski definition) is 5. The van der Waals surface area contributed by atoms with E-state index in [1.807, 2.05) is 27.7 Å². The summed E-state index contributed by atoms with van der Waals surface area (Å²) in [7, 11) is 0. The molecule has 24 heavy (non-hydrogen) atoms. The van der Waals surface area contributed by atoms with E-state index in [9.17, 15) is 15.0 Å². The number of carbonyl (C=O) groups is 1. The Morgan fingerprint density at radius 1 is 1.21 bits per heavy atom. The summed E-state index contributed by atoms with van der Waals surface area (Å²) in [5.74, 6) is 1.02. The summed E-state index contributed by atoms with van der Waals surface area (Å²) in [6.07, 6.45) is -0.237. The second-order valence-electron chi connectivity index (χ2n) is 7.91. The SMILES string of the molecule is CC(NC1C2CN(C(=O)OC(C)(C)C)CC21)c1cc(O)cc(O)c1. The van der Waals surface area contributed by atoms with E-state index in [1.54, 1.807) is 17.0 Å². The topological polar surface area (TPSA) is 82.0 Å². The lowest BCUT2D eigenvalue weighted by atomic mass is 10.1. The Balaban J connectivity index is 1.52. The average Bonchev–Trinajstić information content (AvgIpc) is 2.89. The number of benzene rings is 1. The molecule has 3 atom stereocenters. The van der Waals surface area contributed by atoms with Gasteiger partial charge >= 0.3 is 6.09 Å². The first kappa shape index (κ1) is 16.9. The van der Waals surface area contributed by atoms with Crippen LogP contribution in [0.4, 0.5) is 4.79 Å². The van der Waals surface area contributed by atoms with Gasteiger partial charge < -0.3 is 25.2 Å². The molecule has 3 unspecified atom stereocenters. The molecule has 2 fully saturated rings. The maximum atomic E-state index is 12.1. The number of likely N-dealkylation sites (tertiary alicyclic amines) is 1. The predicted molar refractivity (Wildman–Crippen MR) is 89.9 cm³/mol. The quantitative estimate of drug-likeness (QED) is 0.791. The lowest BCUT2D eigenvalue weighted by molar-refractivity contribution is 0.0268. The molecule has 2 aliphatic rings. The van der Waals surface area contributed by atoms with Gasteiger partial charge in [0.2, 0.25) is 0 Å². The van der Waals surface area contributed by atoms with Gasteiger partial charge in [-0.05, 0) is 57.2 Å². The van der Waals surface area contributed by atoms with Crippen molar-refractivity contribution in [3.63, 3.8) is 0 Å². The molecule has 6 heteroatoms. The van der Waals surface area contributed by atoms with E-state index in [4.69, 9.17) is 4.74 Å². The van der Waals surface area contributed by atoms with Crippen LogP contribution in [0, 0.1) is 11.8 Å². The van der Waals surface area contributed by atoms with E-state index >= 15 is 0 Å². The van der Waals surface area contributed by atoms with Gasteiger partial charge in [0.25, 0.3) is 0 Å². The molecule has 1 saturated carbocycles. The number of hydrogen-bond donors (Lipinski definition) is 3. The number of phenolic OH excluding ortho intramolecular Hbond substituents is 2. The zero-order chi connectivity index (χ0) is 17.6. The number of fused-ring (bicyclic) bond motifs is 1. The zero-order valence-electron chi connectivity index (χ0n) is 14.6.